The Morgan fingerprint density at radius 1 is 0.897 bits per heavy atom. The number of nitrogens with zero attached hydrogens (tertiary/aromatic N) is 2. The fourth-order valence-electron chi connectivity index (χ4n) is 6.52. The first-order chi connectivity index (χ1) is 18.7. The minimum Gasteiger partial charge on any atom is -0.496 e. The van der Waals surface area contributed by atoms with Crippen LogP contribution in [-0.4, -0.2) is 23.8 Å². The van der Waals surface area contributed by atoms with Gasteiger partial charge >= 0.3 is 0 Å². The van der Waals surface area contributed by atoms with Gasteiger partial charge in [0.05, 0.1) is 19.9 Å². The molecule has 3 aromatic rings. The van der Waals surface area contributed by atoms with Crippen molar-refractivity contribution in [1.29, 1.82) is 0 Å². The third-order valence-electron chi connectivity index (χ3n) is 8.74. The van der Waals surface area contributed by atoms with Gasteiger partial charge in [-0.05, 0) is 91.7 Å². The molecular formula is C35H44N2O2. The van der Waals surface area contributed by atoms with Gasteiger partial charge in [-0.1, -0.05) is 63.1 Å². The molecular weight excluding hydrogens is 480 g/mol. The van der Waals surface area contributed by atoms with E-state index in [1.165, 1.54) is 53.5 Å². The number of benzene rings is 1. The van der Waals surface area contributed by atoms with E-state index in [0.717, 1.165) is 30.0 Å². The summed E-state index contributed by atoms with van der Waals surface area (Å²) in [6, 6.07) is 11.0. The number of hydrogen-bond donors (Lipinski definition) is 0. The van der Waals surface area contributed by atoms with Crippen LogP contribution >= 0.6 is 0 Å². The van der Waals surface area contributed by atoms with Crippen molar-refractivity contribution in [2.45, 2.75) is 84.5 Å². The smallest absolute Gasteiger partial charge is 0.238 e. The molecule has 5 rings (SSSR count). The zero-order valence-corrected chi connectivity index (χ0v) is 24.8. The number of pyridine rings is 1. The Hall–Kier alpha value is -3.27. The maximum Gasteiger partial charge on any atom is 0.238 e. The molecule has 4 nitrogen and oxygen atoms in total. The quantitative estimate of drug-likeness (QED) is 0.313. The highest BCUT2D eigenvalue weighted by Gasteiger charge is 2.32. The number of methoxy groups -OCH3 is 2. The van der Waals surface area contributed by atoms with Crippen LogP contribution in [0.25, 0.3) is 11.3 Å². The van der Waals surface area contributed by atoms with Gasteiger partial charge in [-0.3, -0.25) is 0 Å². The third kappa shape index (κ3) is 5.44. The summed E-state index contributed by atoms with van der Waals surface area (Å²) in [5, 5.41) is 0. The van der Waals surface area contributed by atoms with E-state index in [4.69, 9.17) is 14.5 Å². The molecule has 1 fully saturated rings. The van der Waals surface area contributed by atoms with Crippen LogP contribution in [-0.2, 0) is 5.41 Å². The van der Waals surface area contributed by atoms with E-state index >= 15 is 0 Å². The molecule has 2 aliphatic rings. The summed E-state index contributed by atoms with van der Waals surface area (Å²) in [5.41, 5.74) is 10.1. The van der Waals surface area contributed by atoms with E-state index in [2.05, 4.69) is 94.1 Å². The van der Waals surface area contributed by atoms with E-state index in [0.29, 0.717) is 17.7 Å². The molecule has 1 aromatic carbocycles. The molecule has 1 saturated carbocycles. The molecule has 2 aliphatic carbocycles. The van der Waals surface area contributed by atoms with Gasteiger partial charge < -0.3 is 14.0 Å². The predicted octanol–water partition coefficient (Wildman–Crippen LogP) is 8.88. The minimum absolute atomic E-state index is 0.0373. The van der Waals surface area contributed by atoms with Crippen LogP contribution in [0.15, 0.2) is 60.5 Å². The van der Waals surface area contributed by atoms with Crippen molar-refractivity contribution in [3.8, 4) is 17.3 Å². The Morgan fingerprint density at radius 2 is 1.67 bits per heavy atom. The number of para-hydroxylation sites is 1. The van der Waals surface area contributed by atoms with Gasteiger partial charge in [0.25, 0.3) is 0 Å². The number of allylic oxidation sites excluding steroid dienone is 4. The molecule has 0 aliphatic heterocycles. The second-order valence-electron chi connectivity index (χ2n) is 12.3. The van der Waals surface area contributed by atoms with Crippen LogP contribution in [0.5, 0.6) is 11.6 Å². The molecule has 4 heteroatoms. The summed E-state index contributed by atoms with van der Waals surface area (Å²) >= 11 is 0. The van der Waals surface area contributed by atoms with E-state index in [1.54, 1.807) is 12.7 Å². The Kier molecular flexibility index (Phi) is 7.75. The summed E-state index contributed by atoms with van der Waals surface area (Å²) in [5.74, 6) is 2.78. The summed E-state index contributed by atoms with van der Waals surface area (Å²) in [6.45, 7) is 11.1. The average molecular weight is 525 g/mol. The fraction of sp³-hybridized carbons (Fsp3) is 0.457. The SMILES string of the molecule is COc1nc(C2=CCCC3CCCC(c4cccc(C(C)(C)C)c4OC)C3=CC2)ccc1-n1cc(C)c(C)c1. The van der Waals surface area contributed by atoms with Gasteiger partial charge in [-0.25, -0.2) is 4.98 Å². The van der Waals surface area contributed by atoms with Crippen LogP contribution in [0.1, 0.15) is 93.2 Å². The van der Waals surface area contributed by atoms with Crippen LogP contribution in [0, 0.1) is 19.8 Å². The second-order valence-corrected chi connectivity index (χ2v) is 12.3. The number of ether oxygens (including phenoxy) is 2. The van der Waals surface area contributed by atoms with Gasteiger partial charge in [0, 0.05) is 23.9 Å². The minimum atomic E-state index is 0.0373. The first kappa shape index (κ1) is 27.3. The van der Waals surface area contributed by atoms with Crippen molar-refractivity contribution in [2.24, 2.45) is 5.92 Å². The maximum absolute atomic E-state index is 6.10. The molecule has 39 heavy (non-hydrogen) atoms. The third-order valence-corrected chi connectivity index (χ3v) is 8.74. The molecule has 2 aromatic heterocycles. The zero-order chi connectivity index (χ0) is 27.7. The zero-order valence-electron chi connectivity index (χ0n) is 24.8. The lowest BCUT2D eigenvalue weighted by molar-refractivity contribution is 0.369. The Bertz CT molecular complexity index is 1380. The van der Waals surface area contributed by atoms with E-state index < -0.39 is 0 Å². The van der Waals surface area contributed by atoms with Crippen molar-refractivity contribution in [1.82, 2.24) is 9.55 Å². The summed E-state index contributed by atoms with van der Waals surface area (Å²) in [4.78, 5) is 4.99. The van der Waals surface area contributed by atoms with E-state index in [9.17, 15) is 0 Å². The van der Waals surface area contributed by atoms with Crippen LogP contribution < -0.4 is 9.47 Å². The van der Waals surface area contributed by atoms with E-state index in [1.807, 2.05) is 7.11 Å². The Labute approximate surface area is 234 Å². The summed E-state index contributed by atoms with van der Waals surface area (Å²) < 4.78 is 14.0. The molecule has 0 amide bonds. The number of fused-ring (bicyclic) bond motifs is 1. The summed E-state index contributed by atoms with van der Waals surface area (Å²) in [6.07, 6.45) is 16.1. The first-order valence-electron chi connectivity index (χ1n) is 14.5. The van der Waals surface area contributed by atoms with Crippen LogP contribution in [0.4, 0.5) is 0 Å². The number of rotatable bonds is 5. The topological polar surface area (TPSA) is 36.3 Å². The highest BCUT2D eigenvalue weighted by Crippen LogP contribution is 2.48. The normalized spacial score (nSPS) is 19.9. The van der Waals surface area contributed by atoms with Gasteiger partial charge in [0.2, 0.25) is 5.88 Å². The monoisotopic (exact) mass is 524 g/mol. The lowest BCUT2D eigenvalue weighted by Gasteiger charge is -2.36. The van der Waals surface area contributed by atoms with Crippen molar-refractivity contribution >= 4 is 5.57 Å². The molecule has 2 heterocycles. The maximum atomic E-state index is 6.10. The molecule has 2 atom stereocenters. The highest BCUT2D eigenvalue weighted by molar-refractivity contribution is 5.66. The van der Waals surface area contributed by atoms with Gasteiger partial charge in [-0.2, -0.15) is 0 Å². The van der Waals surface area contributed by atoms with Gasteiger partial charge in [0.15, 0.2) is 0 Å². The number of hydrogen-bond acceptors (Lipinski definition) is 3. The van der Waals surface area contributed by atoms with Crippen LogP contribution in [0.2, 0.25) is 0 Å². The van der Waals surface area contributed by atoms with Crippen molar-refractivity contribution in [3.05, 3.63) is 88.4 Å². The first-order valence-corrected chi connectivity index (χ1v) is 14.5. The lowest BCUT2D eigenvalue weighted by atomic mass is 9.70. The molecule has 0 saturated heterocycles. The van der Waals surface area contributed by atoms with E-state index in [-0.39, 0.29) is 5.41 Å². The van der Waals surface area contributed by atoms with Crippen molar-refractivity contribution in [2.75, 3.05) is 14.2 Å². The predicted molar refractivity (Wildman–Crippen MR) is 161 cm³/mol. The van der Waals surface area contributed by atoms with Gasteiger partial charge in [-0.15, -0.1) is 0 Å². The van der Waals surface area contributed by atoms with Crippen molar-refractivity contribution < 1.29 is 9.47 Å². The number of aryl methyl sites for hydroxylation is 2. The Balaban J connectivity index is 1.48. The van der Waals surface area contributed by atoms with Crippen molar-refractivity contribution in [3.63, 3.8) is 0 Å². The Morgan fingerprint density at radius 3 is 2.36 bits per heavy atom. The molecule has 0 radical (unpaired) electrons. The number of aromatic nitrogens is 2. The standard InChI is InChI=1S/C35H44N2O2/c1-23-21-37(22-24(23)2)32-20-19-31(36-34(32)39-7)26-13-8-11-25-12-9-14-28(27(25)18-17-26)29-15-10-16-30(33(29)38-6)35(3,4)5/h10,13,15-16,18-22,25,28H,8-9,11-12,14,17H2,1-7H3. The molecule has 0 N–H and O–H groups in total. The molecule has 0 spiro atoms. The van der Waals surface area contributed by atoms with Gasteiger partial charge in [0.1, 0.15) is 11.4 Å². The lowest BCUT2D eigenvalue weighted by Crippen LogP contribution is -2.21. The molecule has 2 unspecified atom stereocenters. The fourth-order valence-corrected chi connectivity index (χ4v) is 6.52. The largest absolute Gasteiger partial charge is 0.496 e. The summed E-state index contributed by atoms with van der Waals surface area (Å²) in [7, 11) is 3.55. The average Bonchev–Trinajstić information content (AvgIpc) is 3.25. The second kappa shape index (κ2) is 11.1. The molecule has 0 bridgehead atoms. The highest BCUT2D eigenvalue weighted by atomic mass is 16.5. The van der Waals surface area contributed by atoms with Crippen LogP contribution in [0.3, 0.4) is 0 Å². The molecule has 206 valence electrons.